The number of carbonyl (C=O) groups excluding carboxylic acids is 1. The van der Waals surface area contributed by atoms with Crippen molar-refractivity contribution in [3.63, 3.8) is 0 Å². The predicted molar refractivity (Wildman–Crippen MR) is 76.5 cm³/mol. The highest BCUT2D eigenvalue weighted by Gasteiger charge is 2.37. The molecule has 0 aromatic carbocycles. The van der Waals surface area contributed by atoms with Crippen LogP contribution in [0.5, 0.6) is 0 Å². The lowest BCUT2D eigenvalue weighted by atomic mass is 9.80. The normalized spacial score (nSPS) is 22.6. The number of hydrogen-bond donors (Lipinski definition) is 1. The lowest BCUT2D eigenvalue weighted by Crippen LogP contribution is -2.42. The molecule has 1 aliphatic heterocycles. The van der Waals surface area contributed by atoms with Crippen molar-refractivity contribution in [2.75, 3.05) is 19.6 Å². The van der Waals surface area contributed by atoms with Crippen molar-refractivity contribution in [1.82, 2.24) is 10.2 Å². The van der Waals surface area contributed by atoms with Crippen LogP contribution in [0.1, 0.15) is 53.9 Å². The van der Waals surface area contributed by atoms with Gasteiger partial charge in [-0.3, -0.25) is 4.79 Å². The molecule has 106 valence electrons. The summed E-state index contributed by atoms with van der Waals surface area (Å²) in [5.74, 6) is 0.848. The van der Waals surface area contributed by atoms with Crippen molar-refractivity contribution < 1.29 is 4.79 Å². The maximum Gasteiger partial charge on any atom is 0.222 e. The smallest absolute Gasteiger partial charge is 0.222 e. The molecule has 0 spiro atoms. The van der Waals surface area contributed by atoms with Crippen LogP contribution in [0, 0.1) is 11.3 Å². The number of hydrogen-bond acceptors (Lipinski definition) is 2. The Morgan fingerprint density at radius 2 is 2.06 bits per heavy atom. The maximum atomic E-state index is 12.1. The first-order chi connectivity index (χ1) is 8.38. The monoisotopic (exact) mass is 254 g/mol. The molecule has 1 fully saturated rings. The van der Waals surface area contributed by atoms with Crippen molar-refractivity contribution in [3.05, 3.63) is 0 Å². The second kappa shape index (κ2) is 6.55. The molecule has 1 N–H and O–H groups in total. The summed E-state index contributed by atoms with van der Waals surface area (Å²) in [6.07, 6.45) is 2.97. The zero-order valence-electron chi connectivity index (χ0n) is 12.8. The molecule has 1 rings (SSSR count). The maximum absolute atomic E-state index is 12.1. The van der Waals surface area contributed by atoms with E-state index in [-0.39, 0.29) is 5.41 Å². The molecule has 0 aromatic heterocycles. The number of nitrogens with one attached hydrogen (secondary N) is 1. The molecule has 1 aliphatic rings. The Kier molecular flexibility index (Phi) is 5.64. The van der Waals surface area contributed by atoms with Crippen LogP contribution in [-0.2, 0) is 4.79 Å². The molecule has 1 amide bonds. The molecule has 3 nitrogen and oxygen atoms in total. The number of nitrogens with zero attached hydrogens (tertiary/aromatic N) is 1. The number of likely N-dealkylation sites (tertiary alicyclic amines) is 1. The lowest BCUT2D eigenvalue weighted by Gasteiger charge is -2.28. The topological polar surface area (TPSA) is 32.3 Å². The summed E-state index contributed by atoms with van der Waals surface area (Å²) in [4.78, 5) is 14.1. The van der Waals surface area contributed by atoms with Gasteiger partial charge in [0.2, 0.25) is 5.91 Å². The molecule has 0 radical (unpaired) electrons. The van der Waals surface area contributed by atoms with E-state index in [1.54, 1.807) is 0 Å². The average molecular weight is 254 g/mol. The highest BCUT2D eigenvalue weighted by Crippen LogP contribution is 2.34. The molecular weight excluding hydrogens is 224 g/mol. The third-order valence-corrected chi connectivity index (χ3v) is 4.06. The molecule has 0 bridgehead atoms. The number of amides is 1. The fraction of sp³-hybridized carbons (Fsp3) is 0.933. The summed E-state index contributed by atoms with van der Waals surface area (Å²) >= 11 is 0. The van der Waals surface area contributed by atoms with Crippen LogP contribution in [0.3, 0.4) is 0 Å². The molecule has 2 atom stereocenters. The van der Waals surface area contributed by atoms with E-state index in [2.05, 4.69) is 44.8 Å². The molecule has 1 heterocycles. The van der Waals surface area contributed by atoms with Crippen LogP contribution >= 0.6 is 0 Å². The standard InChI is InChI=1S/C15H30N2O/c1-6-8-16-13(7-2)11-17-10-12(9-14(17)18)15(3,4)5/h12-13,16H,6-11H2,1-5H3. The SMILES string of the molecule is CCCNC(CC)CN1CC(C(C)(C)C)CC1=O. The zero-order chi connectivity index (χ0) is 13.8. The molecule has 0 aromatic rings. The van der Waals surface area contributed by atoms with E-state index >= 15 is 0 Å². The van der Waals surface area contributed by atoms with Crippen molar-refractivity contribution in [1.29, 1.82) is 0 Å². The highest BCUT2D eigenvalue weighted by molar-refractivity contribution is 5.78. The van der Waals surface area contributed by atoms with Gasteiger partial charge in [0.1, 0.15) is 0 Å². The van der Waals surface area contributed by atoms with Gasteiger partial charge in [0.15, 0.2) is 0 Å². The van der Waals surface area contributed by atoms with Gasteiger partial charge in [-0.1, -0.05) is 34.6 Å². The summed E-state index contributed by atoms with van der Waals surface area (Å²) in [7, 11) is 0. The Balaban J connectivity index is 2.49. The second-order valence-electron chi connectivity index (χ2n) is 6.63. The van der Waals surface area contributed by atoms with Crippen molar-refractivity contribution in [2.45, 2.75) is 59.9 Å². The van der Waals surface area contributed by atoms with E-state index in [4.69, 9.17) is 0 Å². The predicted octanol–water partition coefficient (Wildman–Crippen LogP) is 2.66. The minimum absolute atomic E-state index is 0.239. The van der Waals surface area contributed by atoms with Gasteiger partial charge in [-0.2, -0.15) is 0 Å². The molecule has 3 heteroatoms. The first kappa shape index (κ1) is 15.5. The van der Waals surface area contributed by atoms with E-state index in [1.807, 2.05) is 0 Å². The quantitative estimate of drug-likeness (QED) is 0.790. The molecule has 0 saturated carbocycles. The number of carbonyl (C=O) groups is 1. The summed E-state index contributed by atoms with van der Waals surface area (Å²) < 4.78 is 0. The fourth-order valence-corrected chi connectivity index (χ4v) is 2.48. The third kappa shape index (κ3) is 4.27. The van der Waals surface area contributed by atoms with Crippen LogP contribution in [-0.4, -0.2) is 36.5 Å². The van der Waals surface area contributed by atoms with Gasteiger partial charge < -0.3 is 10.2 Å². The van der Waals surface area contributed by atoms with Crippen molar-refractivity contribution in [3.8, 4) is 0 Å². The van der Waals surface area contributed by atoms with Crippen LogP contribution in [0.2, 0.25) is 0 Å². The Morgan fingerprint density at radius 1 is 1.39 bits per heavy atom. The van der Waals surface area contributed by atoms with Gasteiger partial charge >= 0.3 is 0 Å². The second-order valence-corrected chi connectivity index (χ2v) is 6.63. The van der Waals surface area contributed by atoms with Crippen molar-refractivity contribution in [2.24, 2.45) is 11.3 Å². The first-order valence-corrected chi connectivity index (χ1v) is 7.39. The Morgan fingerprint density at radius 3 is 2.50 bits per heavy atom. The average Bonchev–Trinajstić information content (AvgIpc) is 2.66. The van der Waals surface area contributed by atoms with Gasteiger partial charge in [-0.25, -0.2) is 0 Å². The molecule has 18 heavy (non-hydrogen) atoms. The van der Waals surface area contributed by atoms with Crippen LogP contribution in [0.25, 0.3) is 0 Å². The summed E-state index contributed by atoms with van der Waals surface area (Å²) in [5.41, 5.74) is 0.239. The zero-order valence-corrected chi connectivity index (χ0v) is 12.8. The summed E-state index contributed by atoms with van der Waals surface area (Å²) in [6.45, 7) is 13.9. The van der Waals surface area contributed by atoms with E-state index in [1.165, 1.54) is 0 Å². The van der Waals surface area contributed by atoms with Gasteiger partial charge in [-0.05, 0) is 30.7 Å². The van der Waals surface area contributed by atoms with Crippen molar-refractivity contribution >= 4 is 5.91 Å². The number of rotatable bonds is 6. The van der Waals surface area contributed by atoms with Gasteiger partial charge in [0.25, 0.3) is 0 Å². The van der Waals surface area contributed by atoms with Crippen LogP contribution in [0.15, 0.2) is 0 Å². The first-order valence-electron chi connectivity index (χ1n) is 7.39. The fourth-order valence-electron chi connectivity index (χ4n) is 2.48. The summed E-state index contributed by atoms with van der Waals surface area (Å²) in [6, 6.07) is 0.451. The molecular formula is C15H30N2O. The Labute approximate surface area is 112 Å². The van der Waals surface area contributed by atoms with Gasteiger partial charge in [0, 0.05) is 25.6 Å². The Bertz CT molecular complexity index is 270. The minimum atomic E-state index is 0.239. The minimum Gasteiger partial charge on any atom is -0.341 e. The van der Waals surface area contributed by atoms with Gasteiger partial charge in [0.05, 0.1) is 0 Å². The van der Waals surface area contributed by atoms with E-state index in [9.17, 15) is 4.79 Å². The highest BCUT2D eigenvalue weighted by atomic mass is 16.2. The van der Waals surface area contributed by atoms with E-state index in [0.29, 0.717) is 17.9 Å². The summed E-state index contributed by atoms with van der Waals surface area (Å²) in [5, 5.41) is 3.53. The largest absolute Gasteiger partial charge is 0.341 e. The van der Waals surface area contributed by atoms with Crippen LogP contribution in [0.4, 0.5) is 0 Å². The van der Waals surface area contributed by atoms with E-state index in [0.717, 1.165) is 38.9 Å². The lowest BCUT2D eigenvalue weighted by molar-refractivity contribution is -0.128. The van der Waals surface area contributed by atoms with Gasteiger partial charge in [-0.15, -0.1) is 0 Å². The van der Waals surface area contributed by atoms with E-state index < -0.39 is 0 Å². The third-order valence-electron chi connectivity index (χ3n) is 4.06. The molecule has 1 saturated heterocycles. The molecule has 2 unspecified atom stereocenters. The van der Waals surface area contributed by atoms with Crippen LogP contribution < -0.4 is 5.32 Å². The molecule has 0 aliphatic carbocycles. The Hall–Kier alpha value is -0.570.